The Balaban J connectivity index is 2.09. The lowest BCUT2D eigenvalue weighted by Gasteiger charge is -2.09. The van der Waals surface area contributed by atoms with E-state index in [2.05, 4.69) is 5.32 Å². The highest BCUT2D eigenvalue weighted by Gasteiger charge is 2.05. The van der Waals surface area contributed by atoms with Crippen LogP contribution < -0.4 is 10.1 Å². The largest absolute Gasteiger partial charge is 0.494 e. The molecule has 5 heteroatoms. The summed E-state index contributed by atoms with van der Waals surface area (Å²) in [6.07, 6.45) is 0. The van der Waals surface area contributed by atoms with Crippen molar-refractivity contribution in [1.82, 2.24) is 0 Å². The lowest BCUT2D eigenvalue weighted by molar-refractivity contribution is 0.386. The third-order valence-corrected chi connectivity index (χ3v) is 3.17. The summed E-state index contributed by atoms with van der Waals surface area (Å²) >= 11 is 6.07. The molecule has 1 N–H and O–H groups in total. The number of benzene rings is 2. The Morgan fingerprint density at radius 2 is 2.10 bits per heavy atom. The van der Waals surface area contributed by atoms with Crippen LogP contribution in [0.25, 0.3) is 0 Å². The van der Waals surface area contributed by atoms with E-state index >= 15 is 0 Å². The van der Waals surface area contributed by atoms with Gasteiger partial charge in [0.1, 0.15) is 0 Å². The van der Waals surface area contributed by atoms with Crippen LogP contribution in [-0.4, -0.2) is 7.11 Å². The molecule has 0 aromatic heterocycles. The Bertz CT molecular complexity index is 667. The molecule has 2 aromatic carbocycles. The molecule has 0 spiro atoms. The number of nitriles is 1. The molecule has 0 saturated carbocycles. The Kier molecular flexibility index (Phi) is 4.44. The van der Waals surface area contributed by atoms with Gasteiger partial charge in [-0.05, 0) is 29.8 Å². The molecule has 0 saturated heterocycles. The summed E-state index contributed by atoms with van der Waals surface area (Å²) in [7, 11) is 1.42. The lowest BCUT2D eigenvalue weighted by atomic mass is 10.1. The van der Waals surface area contributed by atoms with Gasteiger partial charge in [0.15, 0.2) is 11.6 Å². The maximum Gasteiger partial charge on any atom is 0.167 e. The fourth-order valence-electron chi connectivity index (χ4n) is 1.73. The van der Waals surface area contributed by atoms with Gasteiger partial charge in [-0.1, -0.05) is 17.7 Å². The number of ether oxygens (including phenoxy) is 1. The Hall–Kier alpha value is -2.25. The van der Waals surface area contributed by atoms with Crippen LogP contribution in [0.2, 0.25) is 5.02 Å². The van der Waals surface area contributed by atoms with Gasteiger partial charge in [0.25, 0.3) is 0 Å². The molecule has 0 heterocycles. The molecule has 0 aliphatic heterocycles. The van der Waals surface area contributed by atoms with Crippen molar-refractivity contribution in [3.63, 3.8) is 0 Å². The zero-order valence-corrected chi connectivity index (χ0v) is 11.5. The van der Waals surface area contributed by atoms with Gasteiger partial charge in [0, 0.05) is 23.3 Å². The predicted molar refractivity (Wildman–Crippen MR) is 76.4 cm³/mol. The van der Waals surface area contributed by atoms with Gasteiger partial charge in [-0.2, -0.15) is 5.26 Å². The van der Waals surface area contributed by atoms with Crippen molar-refractivity contribution in [1.29, 1.82) is 5.26 Å². The van der Waals surface area contributed by atoms with Gasteiger partial charge in [0.05, 0.1) is 18.7 Å². The van der Waals surface area contributed by atoms with E-state index in [0.717, 1.165) is 5.56 Å². The number of nitrogens with zero attached hydrogens (tertiary/aromatic N) is 1. The minimum absolute atomic E-state index is 0.201. The van der Waals surface area contributed by atoms with Crippen LogP contribution in [0.4, 0.5) is 10.1 Å². The van der Waals surface area contributed by atoms with Gasteiger partial charge in [0.2, 0.25) is 0 Å². The minimum atomic E-state index is -0.427. The predicted octanol–water partition coefficient (Wildman–Crippen LogP) is 3.97. The van der Waals surface area contributed by atoms with E-state index in [1.54, 1.807) is 30.3 Å². The van der Waals surface area contributed by atoms with Gasteiger partial charge in [-0.15, -0.1) is 0 Å². The zero-order valence-electron chi connectivity index (χ0n) is 10.8. The molecule has 0 unspecified atom stereocenters. The van der Waals surface area contributed by atoms with Crippen LogP contribution in [0.5, 0.6) is 5.75 Å². The summed E-state index contributed by atoms with van der Waals surface area (Å²) in [5, 5.41) is 12.3. The van der Waals surface area contributed by atoms with E-state index in [0.29, 0.717) is 22.8 Å². The van der Waals surface area contributed by atoms with E-state index in [4.69, 9.17) is 21.6 Å². The molecular formula is C15H12ClFN2O. The molecule has 0 aliphatic rings. The van der Waals surface area contributed by atoms with Crippen LogP contribution >= 0.6 is 11.6 Å². The van der Waals surface area contributed by atoms with Crippen LogP contribution in [0.3, 0.4) is 0 Å². The van der Waals surface area contributed by atoms with Crippen molar-refractivity contribution in [3.05, 3.63) is 58.4 Å². The molecule has 3 nitrogen and oxygen atoms in total. The first-order valence-corrected chi connectivity index (χ1v) is 6.28. The molecule has 2 aromatic rings. The minimum Gasteiger partial charge on any atom is -0.494 e. The fourth-order valence-corrected chi connectivity index (χ4v) is 1.98. The van der Waals surface area contributed by atoms with Crippen molar-refractivity contribution < 1.29 is 9.13 Å². The van der Waals surface area contributed by atoms with Gasteiger partial charge < -0.3 is 10.1 Å². The highest BCUT2D eigenvalue weighted by molar-refractivity contribution is 6.31. The van der Waals surface area contributed by atoms with Crippen molar-refractivity contribution in [2.45, 2.75) is 6.54 Å². The standard InChI is InChI=1S/C15H12ClFN2O/c1-20-15-5-4-12(7-14(15)17)19-9-11-3-2-10(8-18)6-13(11)16/h2-7,19H,9H2,1H3. The van der Waals surface area contributed by atoms with E-state index in [1.165, 1.54) is 13.2 Å². The molecule has 0 radical (unpaired) electrons. The molecular weight excluding hydrogens is 279 g/mol. The quantitative estimate of drug-likeness (QED) is 0.926. The first kappa shape index (κ1) is 14.2. The SMILES string of the molecule is COc1ccc(NCc2ccc(C#N)cc2Cl)cc1F. The third kappa shape index (κ3) is 3.19. The number of methoxy groups -OCH3 is 1. The number of nitrogens with one attached hydrogen (secondary N) is 1. The second kappa shape index (κ2) is 6.27. The van der Waals surface area contributed by atoms with Crippen LogP contribution in [0.15, 0.2) is 36.4 Å². The van der Waals surface area contributed by atoms with Gasteiger partial charge >= 0.3 is 0 Å². The highest BCUT2D eigenvalue weighted by Crippen LogP contribution is 2.23. The van der Waals surface area contributed by atoms with Gasteiger partial charge in [-0.3, -0.25) is 0 Å². The number of halogens is 2. The molecule has 102 valence electrons. The van der Waals surface area contributed by atoms with Gasteiger partial charge in [-0.25, -0.2) is 4.39 Å². The molecule has 0 atom stereocenters. The smallest absolute Gasteiger partial charge is 0.167 e. The third-order valence-electron chi connectivity index (χ3n) is 2.82. The molecule has 2 rings (SSSR count). The fraction of sp³-hybridized carbons (Fsp3) is 0.133. The van der Waals surface area contributed by atoms with Crippen molar-refractivity contribution in [2.24, 2.45) is 0 Å². The average Bonchev–Trinajstić information content (AvgIpc) is 2.46. The maximum atomic E-state index is 13.5. The highest BCUT2D eigenvalue weighted by atomic mass is 35.5. The van der Waals surface area contributed by atoms with Crippen molar-refractivity contribution in [3.8, 4) is 11.8 Å². The zero-order chi connectivity index (χ0) is 14.5. The van der Waals surface area contributed by atoms with Crippen LogP contribution in [0.1, 0.15) is 11.1 Å². The van der Waals surface area contributed by atoms with E-state index < -0.39 is 5.82 Å². The van der Waals surface area contributed by atoms with E-state index in [1.807, 2.05) is 6.07 Å². The molecule has 20 heavy (non-hydrogen) atoms. The summed E-state index contributed by atoms with van der Waals surface area (Å²) in [6, 6.07) is 11.7. The molecule has 0 bridgehead atoms. The number of hydrogen-bond acceptors (Lipinski definition) is 3. The first-order chi connectivity index (χ1) is 9.63. The lowest BCUT2D eigenvalue weighted by Crippen LogP contribution is -2.01. The maximum absolute atomic E-state index is 13.5. The second-order valence-electron chi connectivity index (χ2n) is 4.12. The summed E-state index contributed by atoms with van der Waals surface area (Å²) in [5.41, 5.74) is 1.97. The number of hydrogen-bond donors (Lipinski definition) is 1. The molecule has 0 aliphatic carbocycles. The van der Waals surface area contributed by atoms with Crippen LogP contribution in [0, 0.1) is 17.1 Å². The van der Waals surface area contributed by atoms with E-state index in [-0.39, 0.29) is 5.75 Å². The summed E-state index contributed by atoms with van der Waals surface area (Å²) in [5.74, 6) is -0.226. The summed E-state index contributed by atoms with van der Waals surface area (Å²) < 4.78 is 18.4. The number of rotatable bonds is 4. The van der Waals surface area contributed by atoms with Crippen LogP contribution in [-0.2, 0) is 6.54 Å². The van der Waals surface area contributed by atoms with E-state index in [9.17, 15) is 4.39 Å². The molecule has 0 fully saturated rings. The Morgan fingerprint density at radius 3 is 2.70 bits per heavy atom. The average molecular weight is 291 g/mol. The monoisotopic (exact) mass is 290 g/mol. The molecule has 0 amide bonds. The topological polar surface area (TPSA) is 45.0 Å². The second-order valence-corrected chi connectivity index (χ2v) is 4.53. The Morgan fingerprint density at radius 1 is 1.30 bits per heavy atom. The summed E-state index contributed by atoms with van der Waals surface area (Å²) in [4.78, 5) is 0. The van der Waals surface area contributed by atoms with Crippen molar-refractivity contribution >= 4 is 17.3 Å². The van der Waals surface area contributed by atoms with Crippen molar-refractivity contribution in [2.75, 3.05) is 12.4 Å². The summed E-state index contributed by atoms with van der Waals surface area (Å²) in [6.45, 7) is 0.441. The Labute approximate surface area is 121 Å². The first-order valence-electron chi connectivity index (χ1n) is 5.90. The number of anilines is 1. The normalized spacial score (nSPS) is 9.90.